The molecule has 110 valence electrons. The highest BCUT2D eigenvalue weighted by atomic mass is 16.2. The molecule has 1 aliphatic rings. The van der Waals surface area contributed by atoms with Crippen molar-refractivity contribution in [3.8, 4) is 0 Å². The molecule has 21 heavy (non-hydrogen) atoms. The summed E-state index contributed by atoms with van der Waals surface area (Å²) in [5, 5.41) is 4.16. The highest BCUT2D eigenvalue weighted by molar-refractivity contribution is 6.08. The van der Waals surface area contributed by atoms with Crippen molar-refractivity contribution in [2.75, 3.05) is 11.4 Å². The second-order valence-electron chi connectivity index (χ2n) is 6.66. The van der Waals surface area contributed by atoms with E-state index in [-0.39, 0.29) is 11.3 Å². The lowest BCUT2D eigenvalue weighted by atomic mass is 9.80. The zero-order chi connectivity index (χ0) is 15.2. The topological polar surface area (TPSA) is 38.1 Å². The molecule has 0 bridgehead atoms. The van der Waals surface area contributed by atoms with Crippen LogP contribution >= 0.6 is 0 Å². The number of aryl methyl sites for hydroxylation is 1. The van der Waals surface area contributed by atoms with Crippen molar-refractivity contribution in [2.45, 2.75) is 32.6 Å². The van der Waals surface area contributed by atoms with Crippen LogP contribution in [0.25, 0.3) is 0 Å². The van der Waals surface area contributed by atoms with Crippen molar-refractivity contribution in [2.24, 2.45) is 7.05 Å². The number of amides is 1. The van der Waals surface area contributed by atoms with Gasteiger partial charge < -0.3 is 4.90 Å². The lowest BCUT2D eigenvalue weighted by Gasteiger charge is -2.32. The fourth-order valence-corrected chi connectivity index (χ4v) is 3.02. The Morgan fingerprint density at radius 2 is 2.00 bits per heavy atom. The minimum Gasteiger partial charge on any atom is -0.305 e. The summed E-state index contributed by atoms with van der Waals surface area (Å²) in [5.74, 6) is 0.0790. The van der Waals surface area contributed by atoms with Crippen LogP contribution in [0.1, 0.15) is 42.3 Å². The molecule has 0 saturated carbocycles. The molecule has 0 saturated heterocycles. The van der Waals surface area contributed by atoms with E-state index in [0.717, 1.165) is 17.7 Å². The van der Waals surface area contributed by atoms with E-state index in [1.807, 2.05) is 30.3 Å². The van der Waals surface area contributed by atoms with Crippen molar-refractivity contribution >= 4 is 11.6 Å². The molecule has 3 rings (SSSR count). The first-order valence-electron chi connectivity index (χ1n) is 7.31. The van der Waals surface area contributed by atoms with Crippen molar-refractivity contribution in [3.05, 3.63) is 47.3 Å². The van der Waals surface area contributed by atoms with E-state index in [2.05, 4.69) is 31.9 Å². The van der Waals surface area contributed by atoms with Gasteiger partial charge in [-0.25, -0.2) is 0 Å². The Morgan fingerprint density at radius 1 is 1.24 bits per heavy atom. The first-order valence-corrected chi connectivity index (χ1v) is 7.31. The SMILES string of the molecule is Cn1cc(N2CCc3c(cccc3C(C)(C)C)C2=O)cn1. The quantitative estimate of drug-likeness (QED) is 0.807. The number of aromatic nitrogens is 2. The summed E-state index contributed by atoms with van der Waals surface area (Å²) in [5.41, 5.74) is 4.24. The average molecular weight is 283 g/mol. The van der Waals surface area contributed by atoms with Gasteiger partial charge in [-0.05, 0) is 29.0 Å². The third-order valence-electron chi connectivity index (χ3n) is 4.05. The summed E-state index contributed by atoms with van der Waals surface area (Å²) < 4.78 is 1.73. The zero-order valence-corrected chi connectivity index (χ0v) is 13.1. The normalized spacial score (nSPS) is 15.2. The maximum Gasteiger partial charge on any atom is 0.258 e. The molecule has 0 radical (unpaired) electrons. The fraction of sp³-hybridized carbons (Fsp3) is 0.412. The van der Waals surface area contributed by atoms with E-state index in [4.69, 9.17) is 0 Å². The zero-order valence-electron chi connectivity index (χ0n) is 13.1. The van der Waals surface area contributed by atoms with Crippen molar-refractivity contribution < 1.29 is 4.79 Å². The van der Waals surface area contributed by atoms with Gasteiger partial charge in [0.05, 0.1) is 11.9 Å². The Kier molecular flexibility index (Phi) is 3.12. The first-order chi connectivity index (χ1) is 9.88. The lowest BCUT2D eigenvalue weighted by Crippen LogP contribution is -2.38. The van der Waals surface area contributed by atoms with E-state index < -0.39 is 0 Å². The Balaban J connectivity index is 2.03. The molecular weight excluding hydrogens is 262 g/mol. The number of rotatable bonds is 1. The van der Waals surface area contributed by atoms with Crippen molar-refractivity contribution in [3.63, 3.8) is 0 Å². The maximum atomic E-state index is 12.8. The van der Waals surface area contributed by atoms with E-state index in [0.29, 0.717) is 6.54 Å². The summed E-state index contributed by atoms with van der Waals surface area (Å²) in [6, 6.07) is 6.07. The Bertz CT molecular complexity index is 694. The van der Waals surface area contributed by atoms with Gasteiger partial charge in [0, 0.05) is 25.4 Å². The molecule has 4 heteroatoms. The van der Waals surface area contributed by atoms with Crippen LogP contribution < -0.4 is 4.90 Å². The highest BCUT2D eigenvalue weighted by Gasteiger charge is 2.30. The molecule has 2 heterocycles. The van der Waals surface area contributed by atoms with E-state index in [9.17, 15) is 4.79 Å². The molecule has 0 aliphatic carbocycles. The van der Waals surface area contributed by atoms with Gasteiger partial charge in [-0.15, -0.1) is 0 Å². The predicted octanol–water partition coefficient (Wildman–Crippen LogP) is 2.92. The molecular formula is C17H21N3O. The Morgan fingerprint density at radius 3 is 2.62 bits per heavy atom. The van der Waals surface area contributed by atoms with Crippen LogP contribution in [0.3, 0.4) is 0 Å². The number of benzene rings is 1. The minimum atomic E-state index is 0.0576. The second kappa shape index (κ2) is 4.72. The average Bonchev–Trinajstić information content (AvgIpc) is 2.84. The molecule has 0 fully saturated rings. The number of carbonyl (C=O) groups excluding carboxylic acids is 1. The molecule has 0 atom stereocenters. The highest BCUT2D eigenvalue weighted by Crippen LogP contribution is 2.32. The summed E-state index contributed by atoms with van der Waals surface area (Å²) in [4.78, 5) is 14.6. The first kappa shape index (κ1) is 13.9. The maximum absolute atomic E-state index is 12.8. The largest absolute Gasteiger partial charge is 0.305 e. The lowest BCUT2D eigenvalue weighted by molar-refractivity contribution is 0.0980. The van der Waals surface area contributed by atoms with E-state index in [1.54, 1.807) is 10.9 Å². The van der Waals surface area contributed by atoms with Crippen LogP contribution in [0.4, 0.5) is 5.69 Å². The summed E-state index contributed by atoms with van der Waals surface area (Å²) >= 11 is 0. The fourth-order valence-electron chi connectivity index (χ4n) is 3.02. The van der Waals surface area contributed by atoms with Gasteiger partial charge in [0.15, 0.2) is 0 Å². The van der Waals surface area contributed by atoms with Gasteiger partial charge in [-0.3, -0.25) is 9.48 Å². The Labute approximate surface area is 125 Å². The van der Waals surface area contributed by atoms with E-state index in [1.165, 1.54) is 11.1 Å². The summed E-state index contributed by atoms with van der Waals surface area (Å²) in [6.07, 6.45) is 4.52. The van der Waals surface area contributed by atoms with Crippen molar-refractivity contribution in [1.29, 1.82) is 0 Å². The predicted molar refractivity (Wildman–Crippen MR) is 83.7 cm³/mol. The van der Waals surface area contributed by atoms with Crippen LogP contribution in [0, 0.1) is 0 Å². The molecule has 4 nitrogen and oxygen atoms in total. The molecule has 1 aliphatic heterocycles. The number of nitrogens with zero attached hydrogens (tertiary/aromatic N) is 3. The van der Waals surface area contributed by atoms with Gasteiger partial charge in [-0.2, -0.15) is 5.10 Å². The van der Waals surface area contributed by atoms with Crippen LogP contribution in [0.5, 0.6) is 0 Å². The van der Waals surface area contributed by atoms with Crippen LogP contribution in [0.2, 0.25) is 0 Å². The number of anilines is 1. The van der Waals surface area contributed by atoms with Crippen molar-refractivity contribution in [1.82, 2.24) is 9.78 Å². The molecule has 1 aromatic heterocycles. The second-order valence-corrected chi connectivity index (χ2v) is 6.66. The minimum absolute atomic E-state index is 0.0576. The number of fused-ring (bicyclic) bond motifs is 1. The Hall–Kier alpha value is -2.10. The number of hydrogen-bond acceptors (Lipinski definition) is 2. The third kappa shape index (κ3) is 2.35. The van der Waals surface area contributed by atoms with Crippen LogP contribution in [-0.2, 0) is 18.9 Å². The van der Waals surface area contributed by atoms with Gasteiger partial charge in [0.25, 0.3) is 5.91 Å². The molecule has 1 amide bonds. The van der Waals surface area contributed by atoms with E-state index >= 15 is 0 Å². The standard InChI is InChI=1S/C17H21N3O/c1-17(2,3)15-7-5-6-14-13(15)8-9-20(16(14)21)12-10-18-19(4)11-12/h5-7,10-11H,8-9H2,1-4H3. The van der Waals surface area contributed by atoms with Gasteiger partial charge in [-0.1, -0.05) is 32.9 Å². The van der Waals surface area contributed by atoms with Crippen LogP contribution in [-0.4, -0.2) is 22.2 Å². The third-order valence-corrected chi connectivity index (χ3v) is 4.05. The summed E-state index contributed by atoms with van der Waals surface area (Å²) in [7, 11) is 1.86. The molecule has 0 unspecified atom stereocenters. The molecule has 1 aromatic carbocycles. The number of hydrogen-bond donors (Lipinski definition) is 0. The van der Waals surface area contributed by atoms with Gasteiger partial charge in [0.1, 0.15) is 0 Å². The van der Waals surface area contributed by atoms with Crippen LogP contribution in [0.15, 0.2) is 30.6 Å². The molecule has 0 N–H and O–H groups in total. The molecule has 2 aromatic rings. The monoisotopic (exact) mass is 283 g/mol. The molecule has 0 spiro atoms. The smallest absolute Gasteiger partial charge is 0.258 e. The number of carbonyl (C=O) groups is 1. The van der Waals surface area contributed by atoms with Gasteiger partial charge in [0.2, 0.25) is 0 Å². The van der Waals surface area contributed by atoms with Gasteiger partial charge >= 0.3 is 0 Å². The summed E-state index contributed by atoms with van der Waals surface area (Å²) in [6.45, 7) is 7.30.